The van der Waals surface area contributed by atoms with Gasteiger partial charge in [-0.1, -0.05) is 48.0 Å². The Bertz CT molecular complexity index is 1290. The van der Waals surface area contributed by atoms with E-state index >= 15 is 0 Å². The summed E-state index contributed by atoms with van der Waals surface area (Å²) in [4.78, 5) is 20.9. The summed E-state index contributed by atoms with van der Waals surface area (Å²) < 4.78 is 1.04. The van der Waals surface area contributed by atoms with Gasteiger partial charge >= 0.3 is 0 Å². The molecule has 4 aromatic rings. The summed E-state index contributed by atoms with van der Waals surface area (Å²) in [5.41, 5.74) is 2.77. The zero-order valence-electron chi connectivity index (χ0n) is 18.9. The van der Waals surface area contributed by atoms with E-state index in [0.717, 1.165) is 52.6 Å². The SMILES string of the molecule is CNC1CCC(N(Cc2cccc(-c3cnncn3)c2)C(=O)c2sc3ccccc3c2Cl)CC1. The number of hydrogen-bond donors (Lipinski definition) is 1. The maximum atomic E-state index is 14.0. The fraction of sp³-hybridized carbons (Fsp3) is 0.308. The Morgan fingerprint density at radius 2 is 1.94 bits per heavy atom. The molecule has 34 heavy (non-hydrogen) atoms. The van der Waals surface area contributed by atoms with Crippen LogP contribution in [0.3, 0.4) is 0 Å². The number of halogens is 1. The van der Waals surface area contributed by atoms with E-state index in [2.05, 4.69) is 32.6 Å². The highest BCUT2D eigenvalue weighted by Gasteiger charge is 2.31. The molecular weight excluding hydrogens is 466 g/mol. The van der Waals surface area contributed by atoms with Crippen molar-refractivity contribution in [3.8, 4) is 11.3 Å². The number of thiophene rings is 1. The summed E-state index contributed by atoms with van der Waals surface area (Å²) in [5, 5.41) is 12.6. The number of carbonyl (C=O) groups is 1. The van der Waals surface area contributed by atoms with Gasteiger partial charge in [-0.3, -0.25) is 4.79 Å². The number of hydrogen-bond acceptors (Lipinski definition) is 6. The van der Waals surface area contributed by atoms with Gasteiger partial charge in [0.25, 0.3) is 5.91 Å². The lowest BCUT2D eigenvalue weighted by atomic mass is 9.89. The fourth-order valence-electron chi connectivity index (χ4n) is 4.74. The minimum atomic E-state index is 0.00761. The van der Waals surface area contributed by atoms with Crippen LogP contribution < -0.4 is 5.32 Å². The van der Waals surface area contributed by atoms with Crippen molar-refractivity contribution in [2.24, 2.45) is 0 Å². The third-order valence-corrected chi connectivity index (χ3v) is 8.27. The summed E-state index contributed by atoms with van der Waals surface area (Å²) in [6.45, 7) is 0.518. The van der Waals surface area contributed by atoms with E-state index in [4.69, 9.17) is 11.6 Å². The lowest BCUT2D eigenvalue weighted by Gasteiger charge is -2.37. The highest BCUT2D eigenvalue weighted by molar-refractivity contribution is 7.21. The first kappa shape index (κ1) is 22.9. The number of nitrogens with one attached hydrogen (secondary N) is 1. The van der Waals surface area contributed by atoms with Crippen molar-refractivity contribution in [2.75, 3.05) is 7.05 Å². The Hall–Kier alpha value is -2.87. The topological polar surface area (TPSA) is 71.0 Å². The van der Waals surface area contributed by atoms with Crippen LogP contribution in [-0.4, -0.2) is 45.1 Å². The van der Waals surface area contributed by atoms with Gasteiger partial charge in [0.2, 0.25) is 0 Å². The molecule has 5 rings (SSSR count). The molecule has 2 aromatic heterocycles. The Balaban J connectivity index is 1.47. The Kier molecular flexibility index (Phi) is 6.85. The summed E-state index contributed by atoms with van der Waals surface area (Å²) in [7, 11) is 2.01. The number of nitrogens with zero attached hydrogens (tertiary/aromatic N) is 4. The lowest BCUT2D eigenvalue weighted by molar-refractivity contribution is 0.0606. The van der Waals surface area contributed by atoms with E-state index < -0.39 is 0 Å². The first-order valence-corrected chi connectivity index (χ1v) is 12.7. The minimum absolute atomic E-state index is 0.00761. The van der Waals surface area contributed by atoms with E-state index in [1.165, 1.54) is 17.7 Å². The number of aromatic nitrogens is 3. The highest BCUT2D eigenvalue weighted by Crippen LogP contribution is 2.37. The van der Waals surface area contributed by atoms with Gasteiger partial charge in [-0.05, 0) is 50.4 Å². The summed E-state index contributed by atoms with van der Waals surface area (Å²) in [5.74, 6) is 0.00761. The predicted octanol–water partition coefficient (Wildman–Crippen LogP) is 5.58. The van der Waals surface area contributed by atoms with Gasteiger partial charge in [0, 0.05) is 34.3 Å². The fourth-order valence-corrected chi connectivity index (χ4v) is 6.21. The molecule has 1 aliphatic carbocycles. The van der Waals surface area contributed by atoms with Crippen molar-refractivity contribution in [3.63, 3.8) is 0 Å². The Morgan fingerprint density at radius 1 is 1.12 bits per heavy atom. The van der Waals surface area contributed by atoms with E-state index in [-0.39, 0.29) is 11.9 Å². The quantitative estimate of drug-likeness (QED) is 0.381. The average molecular weight is 492 g/mol. The van der Waals surface area contributed by atoms with Gasteiger partial charge in [0.05, 0.1) is 16.9 Å². The number of fused-ring (bicyclic) bond motifs is 1. The molecule has 0 aliphatic heterocycles. The smallest absolute Gasteiger partial charge is 0.266 e. The largest absolute Gasteiger partial charge is 0.331 e. The van der Waals surface area contributed by atoms with E-state index in [0.29, 0.717) is 22.5 Å². The second-order valence-corrected chi connectivity index (χ2v) is 10.1. The van der Waals surface area contributed by atoms with Crippen LogP contribution in [0.25, 0.3) is 21.3 Å². The van der Waals surface area contributed by atoms with Crippen LogP contribution in [0.15, 0.2) is 61.1 Å². The molecule has 6 nitrogen and oxygen atoms in total. The molecule has 2 aromatic carbocycles. The monoisotopic (exact) mass is 491 g/mol. The number of carbonyl (C=O) groups excluding carboxylic acids is 1. The number of rotatable bonds is 6. The summed E-state index contributed by atoms with van der Waals surface area (Å²) in [6, 6.07) is 16.8. The molecule has 0 bridgehead atoms. The number of amides is 1. The first-order valence-electron chi connectivity index (χ1n) is 11.5. The van der Waals surface area contributed by atoms with Gasteiger partial charge in [0.1, 0.15) is 11.2 Å². The van der Waals surface area contributed by atoms with Crippen LogP contribution in [0.1, 0.15) is 40.9 Å². The van der Waals surface area contributed by atoms with Gasteiger partial charge in [-0.2, -0.15) is 5.10 Å². The lowest BCUT2D eigenvalue weighted by Crippen LogP contribution is -2.44. The first-order chi connectivity index (χ1) is 16.6. The van der Waals surface area contributed by atoms with Crippen molar-refractivity contribution in [3.05, 3.63) is 76.5 Å². The van der Waals surface area contributed by atoms with Gasteiger partial charge in [0.15, 0.2) is 0 Å². The van der Waals surface area contributed by atoms with Crippen LogP contribution in [0.2, 0.25) is 5.02 Å². The van der Waals surface area contributed by atoms with E-state index in [1.807, 2.05) is 48.3 Å². The van der Waals surface area contributed by atoms with Gasteiger partial charge < -0.3 is 10.2 Å². The second kappa shape index (κ2) is 10.2. The van der Waals surface area contributed by atoms with E-state index in [1.54, 1.807) is 6.20 Å². The zero-order valence-corrected chi connectivity index (χ0v) is 20.5. The molecule has 0 atom stereocenters. The van der Waals surface area contributed by atoms with E-state index in [9.17, 15) is 4.79 Å². The predicted molar refractivity (Wildman–Crippen MR) is 137 cm³/mol. The molecule has 8 heteroatoms. The van der Waals surface area contributed by atoms with Crippen molar-refractivity contribution in [2.45, 2.75) is 44.3 Å². The summed E-state index contributed by atoms with van der Waals surface area (Å²) in [6.07, 6.45) is 7.14. The average Bonchev–Trinajstić information content (AvgIpc) is 3.24. The van der Waals surface area contributed by atoms with Gasteiger partial charge in [-0.25, -0.2) is 4.98 Å². The standard InChI is InChI=1S/C26H26ClN5OS/c1-28-19-9-11-20(12-10-19)32(26(33)25-24(27)21-7-2-3-8-23(21)34-25)15-17-5-4-6-18(13-17)22-14-30-31-16-29-22/h2-8,13-14,16,19-20,28H,9-12,15H2,1H3. The molecule has 1 aliphatic rings. The van der Waals surface area contributed by atoms with Crippen LogP contribution >= 0.6 is 22.9 Å². The molecule has 0 saturated heterocycles. The molecule has 1 fully saturated rings. The van der Waals surface area contributed by atoms with Crippen molar-refractivity contribution < 1.29 is 4.79 Å². The molecule has 1 amide bonds. The zero-order chi connectivity index (χ0) is 23.5. The molecule has 174 valence electrons. The Labute approximate surface area is 208 Å². The molecule has 1 N–H and O–H groups in total. The maximum absolute atomic E-state index is 14.0. The second-order valence-electron chi connectivity index (χ2n) is 8.66. The van der Waals surface area contributed by atoms with Gasteiger partial charge in [-0.15, -0.1) is 16.4 Å². The van der Waals surface area contributed by atoms with Crippen LogP contribution in [0.4, 0.5) is 0 Å². The molecular formula is C26H26ClN5OS. The van der Waals surface area contributed by atoms with Crippen molar-refractivity contribution in [1.29, 1.82) is 0 Å². The molecule has 0 radical (unpaired) electrons. The summed E-state index contributed by atoms with van der Waals surface area (Å²) >= 11 is 8.20. The maximum Gasteiger partial charge on any atom is 0.266 e. The number of benzene rings is 2. The molecule has 0 unspecified atom stereocenters. The molecule has 0 spiro atoms. The Morgan fingerprint density at radius 3 is 2.68 bits per heavy atom. The van der Waals surface area contributed by atoms with Crippen LogP contribution in [0, 0.1) is 0 Å². The van der Waals surface area contributed by atoms with Crippen molar-refractivity contribution >= 4 is 38.9 Å². The third kappa shape index (κ3) is 4.69. The van der Waals surface area contributed by atoms with Crippen molar-refractivity contribution in [1.82, 2.24) is 25.4 Å². The third-order valence-electron chi connectivity index (χ3n) is 6.61. The van der Waals surface area contributed by atoms with Crippen LogP contribution in [0.5, 0.6) is 0 Å². The van der Waals surface area contributed by atoms with Crippen LogP contribution in [-0.2, 0) is 6.54 Å². The normalized spacial score (nSPS) is 18.2. The molecule has 2 heterocycles. The highest BCUT2D eigenvalue weighted by atomic mass is 35.5. The molecule has 1 saturated carbocycles. The minimum Gasteiger partial charge on any atom is -0.331 e.